The Morgan fingerprint density at radius 1 is 1.48 bits per heavy atom. The third kappa shape index (κ3) is 3.84. The summed E-state index contributed by atoms with van der Waals surface area (Å²) in [5, 5.41) is 3.53. The van der Waals surface area contributed by atoms with E-state index in [1.165, 1.54) is 0 Å². The zero-order valence-electron chi connectivity index (χ0n) is 13.3. The number of rotatable bonds is 5. The fourth-order valence-electron chi connectivity index (χ4n) is 2.59. The number of hydrogen-bond acceptors (Lipinski definition) is 3. The van der Waals surface area contributed by atoms with Gasteiger partial charge >= 0.3 is 0 Å². The molecule has 0 amide bonds. The number of nitrogens with zero attached hydrogens (tertiary/aromatic N) is 2. The first-order chi connectivity index (χ1) is 10.0. The third-order valence-electron chi connectivity index (χ3n) is 3.99. The van der Waals surface area contributed by atoms with Gasteiger partial charge in [-0.3, -0.25) is 9.88 Å². The van der Waals surface area contributed by atoms with Crippen LogP contribution in [0, 0.1) is 0 Å². The van der Waals surface area contributed by atoms with Crippen LogP contribution >= 0.6 is 0 Å². The van der Waals surface area contributed by atoms with Gasteiger partial charge in [0.05, 0.1) is 5.69 Å². The SMILES string of the molecule is C=C=C(NC1CCN(C(C)C)C1)c1ccc(C(=C)C)cn1. The number of allylic oxidation sites excluding steroid dienone is 1. The summed E-state index contributed by atoms with van der Waals surface area (Å²) in [5.41, 5.74) is 6.85. The van der Waals surface area contributed by atoms with Crippen molar-refractivity contribution in [3.63, 3.8) is 0 Å². The van der Waals surface area contributed by atoms with E-state index in [4.69, 9.17) is 0 Å². The lowest BCUT2D eigenvalue weighted by Crippen LogP contribution is -2.34. The van der Waals surface area contributed by atoms with E-state index in [-0.39, 0.29) is 0 Å². The Morgan fingerprint density at radius 3 is 2.71 bits per heavy atom. The number of hydrogen-bond donors (Lipinski definition) is 1. The largest absolute Gasteiger partial charge is 0.373 e. The maximum Gasteiger partial charge on any atom is 0.103 e. The molecule has 2 heterocycles. The fourth-order valence-corrected chi connectivity index (χ4v) is 2.59. The summed E-state index contributed by atoms with van der Waals surface area (Å²) in [5.74, 6) is 0. The molecule has 21 heavy (non-hydrogen) atoms. The summed E-state index contributed by atoms with van der Waals surface area (Å²) in [6.45, 7) is 16.4. The molecule has 0 spiro atoms. The molecule has 1 aliphatic heterocycles. The van der Waals surface area contributed by atoms with Crippen molar-refractivity contribution < 1.29 is 0 Å². The van der Waals surface area contributed by atoms with Crippen LogP contribution in [0.4, 0.5) is 0 Å². The Kier molecular flexibility index (Phi) is 5.00. The predicted molar refractivity (Wildman–Crippen MR) is 89.7 cm³/mol. The smallest absolute Gasteiger partial charge is 0.103 e. The Hall–Kier alpha value is -1.83. The normalized spacial score (nSPS) is 18.6. The second kappa shape index (κ2) is 6.75. The molecule has 0 aliphatic carbocycles. The van der Waals surface area contributed by atoms with Crippen LogP contribution in [0.25, 0.3) is 11.3 Å². The van der Waals surface area contributed by atoms with Crippen LogP contribution < -0.4 is 5.32 Å². The highest BCUT2D eigenvalue weighted by Gasteiger charge is 2.24. The van der Waals surface area contributed by atoms with Crippen LogP contribution in [0.15, 0.2) is 37.2 Å². The molecule has 0 radical (unpaired) electrons. The van der Waals surface area contributed by atoms with E-state index in [0.717, 1.165) is 42.0 Å². The van der Waals surface area contributed by atoms with Gasteiger partial charge < -0.3 is 5.32 Å². The minimum absolute atomic E-state index is 0.444. The Labute approximate surface area is 128 Å². The summed E-state index contributed by atoms with van der Waals surface area (Å²) in [4.78, 5) is 6.97. The van der Waals surface area contributed by atoms with Crippen molar-refractivity contribution in [2.45, 2.75) is 39.3 Å². The maximum atomic E-state index is 4.49. The van der Waals surface area contributed by atoms with Crippen LogP contribution in [-0.2, 0) is 0 Å². The fraction of sp³-hybridized carbons (Fsp3) is 0.444. The molecule has 2 rings (SSSR count). The van der Waals surface area contributed by atoms with E-state index in [0.29, 0.717) is 12.1 Å². The Bertz CT molecular complexity index is 550. The van der Waals surface area contributed by atoms with Crippen LogP contribution in [-0.4, -0.2) is 35.1 Å². The van der Waals surface area contributed by atoms with Gasteiger partial charge in [-0.25, -0.2) is 0 Å². The molecule has 0 bridgehead atoms. The summed E-state index contributed by atoms with van der Waals surface area (Å²) in [6, 6.07) is 5.08. The minimum Gasteiger partial charge on any atom is -0.373 e. The molecule has 1 saturated heterocycles. The van der Waals surface area contributed by atoms with Gasteiger partial charge in [-0.15, -0.1) is 5.73 Å². The van der Waals surface area contributed by atoms with Crippen LogP contribution in [0.5, 0.6) is 0 Å². The van der Waals surface area contributed by atoms with E-state index < -0.39 is 0 Å². The highest BCUT2D eigenvalue weighted by Crippen LogP contribution is 2.17. The van der Waals surface area contributed by atoms with Gasteiger partial charge in [0.15, 0.2) is 0 Å². The molecular formula is C18H25N3. The monoisotopic (exact) mass is 283 g/mol. The molecule has 3 heteroatoms. The topological polar surface area (TPSA) is 28.2 Å². The van der Waals surface area contributed by atoms with Gasteiger partial charge in [-0.05, 0) is 44.4 Å². The Morgan fingerprint density at radius 2 is 2.24 bits per heavy atom. The molecule has 1 aromatic heterocycles. The van der Waals surface area contributed by atoms with Crippen molar-refractivity contribution in [1.29, 1.82) is 0 Å². The lowest BCUT2D eigenvalue weighted by atomic mass is 10.1. The highest BCUT2D eigenvalue weighted by molar-refractivity contribution is 5.64. The van der Waals surface area contributed by atoms with E-state index in [2.05, 4.69) is 47.9 Å². The molecule has 1 unspecified atom stereocenters. The number of nitrogens with one attached hydrogen (secondary N) is 1. The first kappa shape index (κ1) is 15.6. The zero-order valence-corrected chi connectivity index (χ0v) is 13.3. The van der Waals surface area contributed by atoms with E-state index in [1.807, 2.05) is 25.3 Å². The average molecular weight is 283 g/mol. The third-order valence-corrected chi connectivity index (χ3v) is 3.99. The van der Waals surface area contributed by atoms with Crippen LogP contribution in [0.1, 0.15) is 38.4 Å². The van der Waals surface area contributed by atoms with E-state index >= 15 is 0 Å². The highest BCUT2D eigenvalue weighted by atomic mass is 15.2. The second-order valence-electron chi connectivity index (χ2n) is 5.98. The van der Waals surface area contributed by atoms with Gasteiger partial charge in [0.1, 0.15) is 5.70 Å². The number of aromatic nitrogens is 1. The average Bonchev–Trinajstić information content (AvgIpc) is 2.93. The van der Waals surface area contributed by atoms with Crippen LogP contribution in [0.3, 0.4) is 0 Å². The van der Waals surface area contributed by atoms with Crippen molar-refractivity contribution in [1.82, 2.24) is 15.2 Å². The summed E-state index contributed by atoms with van der Waals surface area (Å²) in [6.07, 6.45) is 3.00. The standard InChI is InChI=1S/C18H25N3/c1-6-17(18-8-7-15(11-19-18)13(2)3)20-16-9-10-21(12-16)14(4)5/h7-8,11,14,16,20H,1-2,9-10,12H2,3-5H3. The number of pyridine rings is 1. The van der Waals surface area contributed by atoms with Crippen molar-refractivity contribution in [3.8, 4) is 0 Å². The van der Waals surface area contributed by atoms with Gasteiger partial charge in [0, 0.05) is 31.4 Å². The van der Waals surface area contributed by atoms with Gasteiger partial charge in [0.2, 0.25) is 0 Å². The van der Waals surface area contributed by atoms with E-state index in [1.54, 1.807) is 0 Å². The maximum absolute atomic E-state index is 4.49. The molecule has 1 aliphatic rings. The van der Waals surface area contributed by atoms with Crippen molar-refractivity contribution >= 4 is 11.3 Å². The molecular weight excluding hydrogens is 258 g/mol. The predicted octanol–water partition coefficient (Wildman–Crippen LogP) is 3.31. The molecule has 112 valence electrons. The molecule has 1 fully saturated rings. The van der Waals surface area contributed by atoms with Crippen molar-refractivity contribution in [2.75, 3.05) is 13.1 Å². The summed E-state index contributed by atoms with van der Waals surface area (Å²) < 4.78 is 0. The lowest BCUT2D eigenvalue weighted by molar-refractivity contribution is 0.270. The first-order valence-corrected chi connectivity index (χ1v) is 7.54. The first-order valence-electron chi connectivity index (χ1n) is 7.54. The van der Waals surface area contributed by atoms with Gasteiger partial charge in [0.25, 0.3) is 0 Å². The number of likely N-dealkylation sites (tertiary alicyclic amines) is 1. The molecule has 0 aromatic carbocycles. The quantitative estimate of drug-likeness (QED) is 0.840. The van der Waals surface area contributed by atoms with E-state index in [9.17, 15) is 0 Å². The molecule has 1 aromatic rings. The molecule has 1 atom stereocenters. The molecule has 1 N–H and O–H groups in total. The summed E-state index contributed by atoms with van der Waals surface area (Å²) >= 11 is 0. The Balaban J connectivity index is 2.04. The second-order valence-corrected chi connectivity index (χ2v) is 5.98. The van der Waals surface area contributed by atoms with Gasteiger partial charge in [-0.1, -0.05) is 19.2 Å². The van der Waals surface area contributed by atoms with Crippen LogP contribution in [0.2, 0.25) is 0 Å². The zero-order chi connectivity index (χ0) is 15.4. The van der Waals surface area contributed by atoms with Gasteiger partial charge in [-0.2, -0.15) is 0 Å². The lowest BCUT2D eigenvalue weighted by Gasteiger charge is -2.21. The molecule has 3 nitrogen and oxygen atoms in total. The van der Waals surface area contributed by atoms with Crippen molar-refractivity contribution in [3.05, 3.63) is 48.5 Å². The molecule has 0 saturated carbocycles. The summed E-state index contributed by atoms with van der Waals surface area (Å²) in [7, 11) is 0. The minimum atomic E-state index is 0.444. The van der Waals surface area contributed by atoms with Crippen molar-refractivity contribution in [2.24, 2.45) is 0 Å².